The second-order valence-corrected chi connectivity index (χ2v) is 5.08. The number of hydrogen-bond acceptors (Lipinski definition) is 2. The quantitative estimate of drug-likeness (QED) is 0.655. The van der Waals surface area contributed by atoms with Gasteiger partial charge in [0.1, 0.15) is 0 Å². The molecule has 0 N–H and O–H groups in total. The van der Waals surface area contributed by atoms with Gasteiger partial charge >= 0.3 is 0 Å². The summed E-state index contributed by atoms with van der Waals surface area (Å²) in [7, 11) is -0.386. The molecule has 0 amide bonds. The van der Waals surface area contributed by atoms with Crippen molar-refractivity contribution in [2.45, 2.75) is 27.7 Å². The van der Waals surface area contributed by atoms with Gasteiger partial charge in [0, 0.05) is 0 Å². The summed E-state index contributed by atoms with van der Waals surface area (Å²) in [6.07, 6.45) is 4.05. The summed E-state index contributed by atoms with van der Waals surface area (Å²) < 4.78 is 10.6. The van der Waals surface area contributed by atoms with Crippen LogP contribution in [0.2, 0.25) is 0 Å². The van der Waals surface area contributed by atoms with E-state index in [-0.39, 0.29) is 25.3 Å². The van der Waals surface area contributed by atoms with Gasteiger partial charge in [0.15, 0.2) is 0 Å². The van der Waals surface area contributed by atoms with Crippen LogP contribution in [-0.4, -0.2) is 5.52 Å². The summed E-state index contributed by atoms with van der Waals surface area (Å²) in [4.78, 5) is 11.5. The number of carbonyl (C=O) groups is 1. The first-order valence-corrected chi connectivity index (χ1v) is 5.44. The lowest BCUT2D eigenvalue weighted by Gasteiger charge is -2.33. The Morgan fingerprint density at radius 3 is 2.43 bits per heavy atom. The van der Waals surface area contributed by atoms with Crippen molar-refractivity contribution in [1.82, 2.24) is 0 Å². The predicted molar refractivity (Wildman–Crippen MR) is 57.4 cm³/mol. The van der Waals surface area contributed by atoms with Crippen LogP contribution in [0.1, 0.15) is 27.7 Å². The molecule has 1 aliphatic carbocycles. The molecule has 0 aromatic heterocycles. The van der Waals surface area contributed by atoms with Crippen molar-refractivity contribution in [2.75, 3.05) is 0 Å². The Hall–Kier alpha value is -0.750. The molecule has 0 heterocycles. The first-order chi connectivity index (χ1) is 6.38. The maximum absolute atomic E-state index is 11.5. The third kappa shape index (κ3) is 2.01. The minimum absolute atomic E-state index is 0.225. The molecule has 0 fully saturated rings. The maximum Gasteiger partial charge on any atom is 0.232 e. The van der Waals surface area contributed by atoms with Gasteiger partial charge in [0.2, 0.25) is 14.0 Å². The van der Waals surface area contributed by atoms with E-state index in [4.69, 9.17) is 0 Å². The molecule has 1 aliphatic rings. The van der Waals surface area contributed by atoms with E-state index in [2.05, 4.69) is 6.08 Å². The van der Waals surface area contributed by atoms with Crippen LogP contribution in [0.3, 0.4) is 0 Å². The molecule has 0 aromatic carbocycles. The topological polar surface area (TPSA) is 34.1 Å². The van der Waals surface area contributed by atoms with Crippen LogP contribution in [-0.2, 0) is 9.36 Å². The molecule has 1 atom stereocenters. The molecule has 0 bridgehead atoms. The van der Waals surface area contributed by atoms with Crippen molar-refractivity contribution in [3.05, 3.63) is 23.3 Å². The smallest absolute Gasteiger partial charge is 0.232 e. The number of hydrogen-bond donors (Lipinski definition) is 0. The molecule has 0 aromatic rings. The van der Waals surface area contributed by atoms with Crippen LogP contribution < -0.4 is 0 Å². The van der Waals surface area contributed by atoms with Gasteiger partial charge in [-0.2, -0.15) is 0 Å². The van der Waals surface area contributed by atoms with Crippen molar-refractivity contribution < 1.29 is 9.36 Å². The molecule has 0 saturated carbocycles. The Morgan fingerprint density at radius 1 is 1.43 bits per heavy atom. The lowest BCUT2D eigenvalue weighted by molar-refractivity contribution is -0.115. The lowest BCUT2D eigenvalue weighted by Crippen LogP contribution is -2.30. The fraction of sp³-hybridized carbons (Fsp3) is 0.545. The zero-order valence-corrected chi connectivity index (χ0v) is 9.89. The summed E-state index contributed by atoms with van der Waals surface area (Å²) in [5.41, 5.74) is 1.71. The standard InChI is InChI=1S/C11H15O2P/c1-7-5-8(2)9(10(12)14-13)11(3,4)6-7/h5-6,9H,1-4H3. The zero-order chi connectivity index (χ0) is 10.9. The van der Waals surface area contributed by atoms with E-state index < -0.39 is 0 Å². The maximum atomic E-state index is 11.5. The van der Waals surface area contributed by atoms with Crippen molar-refractivity contribution >= 4 is 14.0 Å². The summed E-state index contributed by atoms with van der Waals surface area (Å²) >= 11 is 0. The first kappa shape index (κ1) is 11.3. The van der Waals surface area contributed by atoms with Crippen molar-refractivity contribution in [3.63, 3.8) is 0 Å². The molecule has 3 heteroatoms. The van der Waals surface area contributed by atoms with Crippen LogP contribution in [0.15, 0.2) is 23.3 Å². The largest absolute Gasteiger partial charge is 0.285 e. The fourth-order valence-corrected chi connectivity index (χ4v) is 2.95. The monoisotopic (exact) mass is 210 g/mol. The highest BCUT2D eigenvalue weighted by molar-refractivity contribution is 7.46. The molecule has 0 spiro atoms. The van der Waals surface area contributed by atoms with Crippen LogP contribution in [0.25, 0.3) is 0 Å². The molecule has 2 nitrogen and oxygen atoms in total. The first-order valence-electron chi connectivity index (χ1n) is 4.63. The van der Waals surface area contributed by atoms with E-state index in [0.29, 0.717) is 0 Å². The van der Waals surface area contributed by atoms with Gasteiger partial charge in [-0.15, -0.1) is 0 Å². The highest BCUT2D eigenvalue weighted by Gasteiger charge is 2.36. The van der Waals surface area contributed by atoms with E-state index in [0.717, 1.165) is 5.57 Å². The Kier molecular flexibility index (Phi) is 3.06. The Balaban J connectivity index is 3.14. The summed E-state index contributed by atoms with van der Waals surface area (Å²) in [6.45, 7) is 7.94. The van der Waals surface area contributed by atoms with Crippen LogP contribution >= 0.6 is 8.46 Å². The number of rotatable bonds is 2. The molecule has 0 aliphatic heterocycles. The van der Waals surface area contributed by atoms with E-state index in [9.17, 15) is 9.36 Å². The number of carbonyl (C=O) groups excluding carboxylic acids is 1. The highest BCUT2D eigenvalue weighted by atomic mass is 31.1. The van der Waals surface area contributed by atoms with Gasteiger partial charge in [0.05, 0.1) is 5.92 Å². The highest BCUT2D eigenvalue weighted by Crippen LogP contribution is 2.41. The van der Waals surface area contributed by atoms with Crippen LogP contribution in [0.5, 0.6) is 0 Å². The zero-order valence-electron chi connectivity index (χ0n) is 9.00. The van der Waals surface area contributed by atoms with Gasteiger partial charge in [-0.05, 0) is 19.3 Å². The molecule has 76 valence electrons. The summed E-state index contributed by atoms with van der Waals surface area (Å²) in [5, 5.41) is 0. The number of allylic oxidation sites excluding steroid dienone is 4. The fourth-order valence-electron chi connectivity index (χ4n) is 2.31. The second kappa shape index (κ2) is 3.78. The van der Waals surface area contributed by atoms with Gasteiger partial charge in [0.25, 0.3) is 0 Å². The van der Waals surface area contributed by atoms with Gasteiger partial charge in [-0.25, -0.2) is 0 Å². The average molecular weight is 210 g/mol. The Morgan fingerprint density at radius 2 is 2.00 bits per heavy atom. The van der Waals surface area contributed by atoms with Gasteiger partial charge < -0.3 is 0 Å². The van der Waals surface area contributed by atoms with Crippen molar-refractivity contribution in [3.8, 4) is 0 Å². The summed E-state index contributed by atoms with van der Waals surface area (Å²) in [6, 6.07) is 0. The molecule has 14 heavy (non-hydrogen) atoms. The van der Waals surface area contributed by atoms with Crippen LogP contribution in [0, 0.1) is 11.3 Å². The molecule has 1 rings (SSSR count). The van der Waals surface area contributed by atoms with E-state index in [1.165, 1.54) is 5.57 Å². The Bertz CT molecular complexity index is 337. The average Bonchev–Trinajstić information content (AvgIpc) is 1.99. The molecule has 0 saturated heterocycles. The SMILES string of the molecule is CC1=CC(C)(C)C(C(=O)P=O)C(C)=C1. The van der Waals surface area contributed by atoms with Gasteiger partial charge in [-0.1, -0.05) is 37.1 Å². The third-order valence-electron chi connectivity index (χ3n) is 2.59. The van der Waals surface area contributed by atoms with Crippen molar-refractivity contribution in [2.24, 2.45) is 11.3 Å². The van der Waals surface area contributed by atoms with Crippen LogP contribution in [0.4, 0.5) is 0 Å². The van der Waals surface area contributed by atoms with Crippen molar-refractivity contribution in [1.29, 1.82) is 0 Å². The lowest BCUT2D eigenvalue weighted by atomic mass is 9.71. The van der Waals surface area contributed by atoms with E-state index >= 15 is 0 Å². The summed E-state index contributed by atoms with van der Waals surface area (Å²) in [5.74, 6) is -0.245. The van der Waals surface area contributed by atoms with E-state index in [1.807, 2.05) is 33.8 Å². The third-order valence-corrected chi connectivity index (χ3v) is 3.03. The molecule has 1 unspecified atom stereocenters. The van der Waals surface area contributed by atoms with E-state index in [1.54, 1.807) is 0 Å². The molecular weight excluding hydrogens is 195 g/mol. The minimum atomic E-state index is -0.386. The second-order valence-electron chi connectivity index (χ2n) is 4.46. The van der Waals surface area contributed by atoms with Gasteiger partial charge in [-0.3, -0.25) is 9.36 Å². The molecular formula is C11H15O2P. The normalized spacial score (nSPS) is 25.6. The predicted octanol–water partition coefficient (Wildman–Crippen LogP) is 3.35. The molecule has 0 radical (unpaired) electrons. The minimum Gasteiger partial charge on any atom is -0.285 e. The Labute approximate surface area is 86.3 Å².